The number of nitrogens with one attached hydrogen (secondary N) is 2. The molecule has 0 aromatic heterocycles. The highest BCUT2D eigenvalue weighted by Crippen LogP contribution is 2.43. The molecule has 2 aromatic carbocycles. The van der Waals surface area contributed by atoms with E-state index in [9.17, 15) is 29.6 Å². The second kappa shape index (κ2) is 11.7. The van der Waals surface area contributed by atoms with E-state index in [1.807, 2.05) is 26.8 Å². The fourth-order valence-corrected chi connectivity index (χ4v) is 5.95. The Bertz CT molecular complexity index is 1310. The molecular formula is C29H35FN4O5S. The number of rotatable bonds is 9. The first-order valence-electron chi connectivity index (χ1n) is 13.3. The quantitative estimate of drug-likeness (QED) is 0.330. The fraction of sp³-hybridized carbons (Fsp3) is 0.483. The van der Waals surface area contributed by atoms with Gasteiger partial charge < -0.3 is 20.1 Å². The summed E-state index contributed by atoms with van der Waals surface area (Å²) in [5, 5.41) is 31.5. The summed E-state index contributed by atoms with van der Waals surface area (Å²) in [5.41, 5.74) is 0.395. The molecule has 40 heavy (non-hydrogen) atoms. The number of hydrogen-bond acceptors (Lipinski definition) is 6. The monoisotopic (exact) mass is 570 g/mol. The highest BCUT2D eigenvalue weighted by atomic mass is 32.2. The summed E-state index contributed by atoms with van der Waals surface area (Å²) < 4.78 is 31.4. The van der Waals surface area contributed by atoms with Crippen LogP contribution in [0.25, 0.3) is 0 Å². The second-order valence-corrected chi connectivity index (χ2v) is 13.6. The number of β-amino-alcohol motifs (C(OH)–C–C–N with tert-alkyl or cyclic N) is 1. The molecule has 1 saturated carbocycles. The first kappa shape index (κ1) is 29.8. The normalized spacial score (nSPS) is 21.4. The maximum absolute atomic E-state index is 15.1. The Balaban J connectivity index is 1.79. The fourth-order valence-electron chi connectivity index (χ4n) is 4.99. The zero-order chi connectivity index (χ0) is 29.2. The van der Waals surface area contributed by atoms with Crippen molar-refractivity contribution in [2.24, 2.45) is 5.92 Å². The van der Waals surface area contributed by atoms with Crippen molar-refractivity contribution >= 4 is 29.0 Å². The van der Waals surface area contributed by atoms with E-state index in [0.717, 1.165) is 24.2 Å². The Morgan fingerprint density at radius 1 is 1.20 bits per heavy atom. The second-order valence-electron chi connectivity index (χ2n) is 11.6. The molecule has 1 heterocycles. The molecule has 1 aliphatic heterocycles. The minimum Gasteiger partial charge on any atom is -0.598 e. The van der Waals surface area contributed by atoms with Crippen LogP contribution in [0.2, 0.25) is 0 Å². The molecule has 1 aliphatic carbocycles. The van der Waals surface area contributed by atoms with Crippen LogP contribution in [-0.4, -0.2) is 55.1 Å². The van der Waals surface area contributed by atoms with E-state index in [-0.39, 0.29) is 18.7 Å². The van der Waals surface area contributed by atoms with Gasteiger partial charge in [0.1, 0.15) is 22.1 Å². The largest absolute Gasteiger partial charge is 0.598 e. The summed E-state index contributed by atoms with van der Waals surface area (Å²) in [4.78, 5) is 25.5. The maximum atomic E-state index is 15.1. The van der Waals surface area contributed by atoms with Crippen molar-refractivity contribution < 1.29 is 28.7 Å². The molecule has 2 aromatic rings. The minimum atomic E-state index is -1.56. The number of anilines is 1. The minimum absolute atomic E-state index is 0.0994. The molecule has 11 heteroatoms. The van der Waals surface area contributed by atoms with Crippen LogP contribution in [0, 0.1) is 23.1 Å². The van der Waals surface area contributed by atoms with E-state index in [2.05, 4.69) is 16.1 Å². The molecule has 0 bridgehead atoms. The number of carboxylic acid groups (broad SMARTS) is 1. The summed E-state index contributed by atoms with van der Waals surface area (Å²) in [6.45, 7) is 5.31. The highest BCUT2D eigenvalue weighted by molar-refractivity contribution is 7.90. The van der Waals surface area contributed by atoms with Crippen molar-refractivity contribution in [1.29, 1.82) is 5.26 Å². The Morgan fingerprint density at radius 2 is 1.90 bits per heavy atom. The van der Waals surface area contributed by atoms with Crippen LogP contribution in [0.4, 0.5) is 14.9 Å². The average molecular weight is 571 g/mol. The number of amides is 2. The van der Waals surface area contributed by atoms with Crippen LogP contribution in [0.1, 0.15) is 69.6 Å². The van der Waals surface area contributed by atoms with Crippen molar-refractivity contribution in [1.82, 2.24) is 9.62 Å². The molecule has 4 rings (SSSR count). The van der Waals surface area contributed by atoms with E-state index in [1.165, 1.54) is 12.1 Å². The Morgan fingerprint density at radius 3 is 2.52 bits per heavy atom. The van der Waals surface area contributed by atoms with Gasteiger partial charge in [-0.2, -0.15) is 5.26 Å². The smallest absolute Gasteiger partial charge is 0.408 e. The lowest BCUT2D eigenvalue weighted by Gasteiger charge is -2.39. The molecule has 4 atom stereocenters. The van der Waals surface area contributed by atoms with Crippen LogP contribution in [-0.2, 0) is 21.7 Å². The molecule has 1 saturated heterocycles. The molecule has 4 N–H and O–H groups in total. The Kier molecular flexibility index (Phi) is 8.75. The molecule has 214 valence electrons. The predicted molar refractivity (Wildman–Crippen MR) is 149 cm³/mol. The number of aliphatic hydroxyl groups is 1. The van der Waals surface area contributed by atoms with Gasteiger partial charge in [-0.15, -0.1) is 4.72 Å². The summed E-state index contributed by atoms with van der Waals surface area (Å²) in [5.74, 6) is -0.966. The van der Waals surface area contributed by atoms with Crippen LogP contribution in [0.5, 0.6) is 0 Å². The van der Waals surface area contributed by atoms with Crippen LogP contribution in [0.3, 0.4) is 0 Å². The lowest BCUT2D eigenvalue weighted by Crippen LogP contribution is -2.52. The van der Waals surface area contributed by atoms with Gasteiger partial charge in [-0.3, -0.25) is 9.69 Å². The highest BCUT2D eigenvalue weighted by Gasteiger charge is 2.44. The summed E-state index contributed by atoms with van der Waals surface area (Å²) in [6, 6.07) is 12.2. The Hall–Kier alpha value is -3.17. The lowest BCUT2D eigenvalue weighted by atomic mass is 9.79. The first-order chi connectivity index (χ1) is 18.8. The number of nitriles is 1. The standard InChI is InChI=1S/C29H35FN4O5S/c1-28(2,3)40(39)33-29(12-11-18-7-8-18,20-6-4-5-19(13-20)16-31)21-9-10-23(30)24(14-21)32-26(36)25-15-22(35)17-34(25)27(37)38/h4-6,9-10,13-14,18,22,25,33,35H,7-8,11-12,15,17H2,1-3H3,(H,32,36)(H,37,38)/t22-,25-,29-,40-/m1/s1. The SMILES string of the molecule is CC(C)(C)[S@@+]([O-])N[C@](CCC1CC1)(c1cccc(C#N)c1)c1ccc(F)c(NC(=O)[C@H]2C[C@@H](O)CN2C(=O)O)c1. The van der Waals surface area contributed by atoms with Crippen molar-refractivity contribution in [2.45, 2.75) is 75.3 Å². The van der Waals surface area contributed by atoms with E-state index < -0.39 is 51.6 Å². The van der Waals surface area contributed by atoms with E-state index in [4.69, 9.17) is 0 Å². The van der Waals surface area contributed by atoms with Gasteiger partial charge in [0.05, 0.1) is 30.0 Å². The third-order valence-corrected chi connectivity index (χ3v) is 9.12. The summed E-state index contributed by atoms with van der Waals surface area (Å²) >= 11 is -1.56. The molecule has 2 aliphatic rings. The molecular weight excluding hydrogens is 535 g/mol. The number of likely N-dealkylation sites (tertiary alicyclic amines) is 1. The molecule has 2 fully saturated rings. The van der Waals surface area contributed by atoms with Crippen molar-refractivity contribution in [2.75, 3.05) is 11.9 Å². The number of carbonyl (C=O) groups is 2. The van der Waals surface area contributed by atoms with E-state index in [1.54, 1.807) is 24.3 Å². The van der Waals surface area contributed by atoms with Gasteiger partial charge in [-0.1, -0.05) is 31.0 Å². The van der Waals surface area contributed by atoms with Crippen LogP contribution < -0.4 is 10.0 Å². The van der Waals surface area contributed by atoms with Crippen molar-refractivity contribution in [3.05, 3.63) is 65.0 Å². The third kappa shape index (κ3) is 6.58. The first-order valence-corrected chi connectivity index (χ1v) is 14.5. The van der Waals surface area contributed by atoms with Crippen LogP contribution in [0.15, 0.2) is 42.5 Å². The van der Waals surface area contributed by atoms with Gasteiger partial charge in [0.25, 0.3) is 0 Å². The van der Waals surface area contributed by atoms with Crippen molar-refractivity contribution in [3.8, 4) is 6.07 Å². The van der Waals surface area contributed by atoms with Gasteiger partial charge >= 0.3 is 6.09 Å². The predicted octanol–water partition coefficient (Wildman–Crippen LogP) is 4.23. The summed E-state index contributed by atoms with van der Waals surface area (Å²) in [6.07, 6.45) is 1.05. The topological polar surface area (TPSA) is 149 Å². The molecule has 0 spiro atoms. The van der Waals surface area contributed by atoms with Gasteiger partial charge in [0.2, 0.25) is 5.91 Å². The average Bonchev–Trinajstić information content (AvgIpc) is 3.65. The molecule has 9 nitrogen and oxygen atoms in total. The number of nitrogens with zero attached hydrogens (tertiary/aromatic N) is 2. The third-order valence-electron chi connectivity index (χ3n) is 7.48. The van der Waals surface area contributed by atoms with Crippen LogP contribution >= 0.6 is 0 Å². The van der Waals surface area contributed by atoms with E-state index in [0.29, 0.717) is 29.0 Å². The van der Waals surface area contributed by atoms with E-state index >= 15 is 4.39 Å². The maximum Gasteiger partial charge on any atom is 0.408 e. The number of hydrogen-bond donors (Lipinski definition) is 4. The number of carbonyl (C=O) groups excluding carboxylic acids is 1. The molecule has 0 unspecified atom stereocenters. The zero-order valence-electron chi connectivity index (χ0n) is 22.8. The molecule has 0 radical (unpaired) electrons. The van der Waals surface area contributed by atoms with Gasteiger partial charge in [-0.25, -0.2) is 9.18 Å². The van der Waals surface area contributed by atoms with Gasteiger partial charge in [-0.05, 0) is 74.9 Å². The number of halogens is 1. The summed E-state index contributed by atoms with van der Waals surface area (Å²) in [7, 11) is 0. The molecule has 2 amide bonds. The Labute approximate surface area is 236 Å². The van der Waals surface area contributed by atoms with Gasteiger partial charge in [0, 0.05) is 17.8 Å². The van der Waals surface area contributed by atoms with Gasteiger partial charge in [0.15, 0.2) is 0 Å². The lowest BCUT2D eigenvalue weighted by molar-refractivity contribution is -0.120. The number of aliphatic hydroxyl groups excluding tert-OH is 1. The zero-order valence-corrected chi connectivity index (χ0v) is 23.6. The van der Waals surface area contributed by atoms with Crippen molar-refractivity contribution in [3.63, 3.8) is 0 Å². The number of benzene rings is 2.